The molecule has 19 heavy (non-hydrogen) atoms. The summed E-state index contributed by atoms with van der Waals surface area (Å²) in [7, 11) is 1.95. The lowest BCUT2D eigenvalue weighted by Crippen LogP contribution is -2.32. The summed E-state index contributed by atoms with van der Waals surface area (Å²) in [5.41, 5.74) is 1.06. The summed E-state index contributed by atoms with van der Waals surface area (Å²) in [6, 6.07) is 9.80. The van der Waals surface area contributed by atoms with Crippen molar-refractivity contribution in [1.82, 2.24) is 14.9 Å². The van der Waals surface area contributed by atoms with Gasteiger partial charge in [0.2, 0.25) is 5.91 Å². The molecule has 0 radical (unpaired) electrons. The molecule has 1 N–H and O–H groups in total. The molecule has 0 bridgehead atoms. The summed E-state index contributed by atoms with van der Waals surface area (Å²) in [6.07, 6.45) is 5.67. The van der Waals surface area contributed by atoms with E-state index in [-0.39, 0.29) is 17.9 Å². The van der Waals surface area contributed by atoms with Gasteiger partial charge in [-0.25, -0.2) is 4.98 Å². The Balaban J connectivity index is 1.91. The van der Waals surface area contributed by atoms with Gasteiger partial charge < -0.3 is 9.88 Å². The van der Waals surface area contributed by atoms with E-state index >= 15 is 0 Å². The highest BCUT2D eigenvalue weighted by atomic mass is 16.2. The highest BCUT2D eigenvalue weighted by Crippen LogP contribution is 2.30. The molecule has 3 rings (SSSR count). The summed E-state index contributed by atoms with van der Waals surface area (Å²) in [4.78, 5) is 16.4. The molecule has 1 aliphatic carbocycles. The topological polar surface area (TPSA) is 46.9 Å². The first-order valence-electron chi connectivity index (χ1n) is 6.58. The fourth-order valence-electron chi connectivity index (χ4n) is 2.20. The van der Waals surface area contributed by atoms with Crippen molar-refractivity contribution in [3.8, 4) is 0 Å². The van der Waals surface area contributed by atoms with Crippen molar-refractivity contribution in [3.05, 3.63) is 54.1 Å². The Labute approximate surface area is 112 Å². The van der Waals surface area contributed by atoms with Crippen molar-refractivity contribution >= 4 is 5.91 Å². The Kier molecular flexibility index (Phi) is 3.07. The first-order valence-corrected chi connectivity index (χ1v) is 6.58. The van der Waals surface area contributed by atoms with Gasteiger partial charge >= 0.3 is 0 Å². The van der Waals surface area contributed by atoms with Crippen molar-refractivity contribution in [2.75, 3.05) is 0 Å². The zero-order valence-electron chi connectivity index (χ0n) is 10.9. The van der Waals surface area contributed by atoms with Crippen LogP contribution in [0, 0.1) is 5.92 Å². The van der Waals surface area contributed by atoms with E-state index in [1.807, 2.05) is 48.1 Å². The van der Waals surface area contributed by atoms with Crippen LogP contribution in [-0.4, -0.2) is 15.5 Å². The van der Waals surface area contributed by atoms with Crippen molar-refractivity contribution in [1.29, 1.82) is 0 Å². The maximum Gasteiger partial charge on any atom is 0.223 e. The molecule has 1 aromatic carbocycles. The quantitative estimate of drug-likeness (QED) is 0.908. The standard InChI is InChI=1S/C15H17N3O/c1-18-10-9-16-14(18)13(11-5-3-2-4-6-11)17-15(19)12-7-8-12/h2-6,9-10,12-13H,7-8H2,1H3,(H,17,19)/t13-/m1/s1. The van der Waals surface area contributed by atoms with Crippen molar-refractivity contribution < 1.29 is 4.79 Å². The van der Waals surface area contributed by atoms with Crippen LogP contribution in [0.15, 0.2) is 42.7 Å². The molecular formula is C15H17N3O. The molecule has 1 amide bonds. The number of amides is 1. The van der Waals surface area contributed by atoms with Gasteiger partial charge in [-0.3, -0.25) is 4.79 Å². The van der Waals surface area contributed by atoms with Crippen LogP contribution in [0.1, 0.15) is 30.3 Å². The highest BCUT2D eigenvalue weighted by Gasteiger charge is 2.32. The largest absolute Gasteiger partial charge is 0.342 e. The molecular weight excluding hydrogens is 238 g/mol. The van der Waals surface area contributed by atoms with E-state index in [0.29, 0.717) is 0 Å². The Morgan fingerprint density at radius 1 is 1.37 bits per heavy atom. The van der Waals surface area contributed by atoms with E-state index in [1.54, 1.807) is 6.20 Å². The molecule has 98 valence electrons. The summed E-state index contributed by atoms with van der Waals surface area (Å²) in [6.45, 7) is 0. The number of hydrogen-bond acceptors (Lipinski definition) is 2. The predicted octanol–water partition coefficient (Wildman–Crippen LogP) is 2.04. The van der Waals surface area contributed by atoms with E-state index in [1.165, 1.54) is 0 Å². The Morgan fingerprint density at radius 3 is 2.68 bits per heavy atom. The summed E-state index contributed by atoms with van der Waals surface area (Å²) >= 11 is 0. The van der Waals surface area contributed by atoms with Crippen molar-refractivity contribution in [3.63, 3.8) is 0 Å². The van der Waals surface area contributed by atoms with E-state index in [2.05, 4.69) is 10.3 Å². The molecule has 1 heterocycles. The number of nitrogens with one attached hydrogen (secondary N) is 1. The first-order chi connectivity index (χ1) is 9.25. The number of hydrogen-bond donors (Lipinski definition) is 1. The van der Waals surface area contributed by atoms with Crippen molar-refractivity contribution in [2.45, 2.75) is 18.9 Å². The lowest BCUT2D eigenvalue weighted by atomic mass is 10.1. The van der Waals surface area contributed by atoms with Crippen molar-refractivity contribution in [2.24, 2.45) is 13.0 Å². The van der Waals surface area contributed by atoms with Gasteiger partial charge in [0.25, 0.3) is 0 Å². The predicted molar refractivity (Wildman–Crippen MR) is 72.4 cm³/mol. The average Bonchev–Trinajstić information content (AvgIpc) is 3.20. The van der Waals surface area contributed by atoms with Gasteiger partial charge in [0.05, 0.1) is 0 Å². The van der Waals surface area contributed by atoms with Gasteiger partial charge in [-0.2, -0.15) is 0 Å². The fourth-order valence-corrected chi connectivity index (χ4v) is 2.20. The molecule has 2 aromatic rings. The maximum absolute atomic E-state index is 12.0. The van der Waals surface area contributed by atoms with Crippen LogP contribution < -0.4 is 5.32 Å². The molecule has 0 aliphatic heterocycles. The number of carbonyl (C=O) groups is 1. The van der Waals surface area contributed by atoms with Crippen LogP contribution in [0.2, 0.25) is 0 Å². The lowest BCUT2D eigenvalue weighted by molar-refractivity contribution is -0.122. The molecule has 0 saturated heterocycles. The Bertz CT molecular complexity index is 572. The van der Waals surface area contributed by atoms with Crippen LogP contribution in [-0.2, 0) is 11.8 Å². The zero-order chi connectivity index (χ0) is 13.2. The van der Waals surface area contributed by atoms with E-state index < -0.39 is 0 Å². The summed E-state index contributed by atoms with van der Waals surface area (Å²) < 4.78 is 1.95. The minimum Gasteiger partial charge on any atom is -0.342 e. The number of imidazole rings is 1. The number of nitrogens with zero attached hydrogens (tertiary/aromatic N) is 2. The van der Waals surface area contributed by atoms with E-state index in [9.17, 15) is 4.79 Å². The molecule has 1 aromatic heterocycles. The SMILES string of the molecule is Cn1ccnc1[C@H](NC(=O)C1CC1)c1ccccc1. The van der Waals surface area contributed by atoms with Gasteiger partial charge in [0, 0.05) is 25.4 Å². The number of rotatable bonds is 4. The highest BCUT2D eigenvalue weighted by molar-refractivity contribution is 5.81. The van der Waals surface area contributed by atoms with Gasteiger partial charge in [-0.05, 0) is 18.4 Å². The monoisotopic (exact) mass is 255 g/mol. The smallest absolute Gasteiger partial charge is 0.223 e. The third-order valence-electron chi connectivity index (χ3n) is 3.48. The maximum atomic E-state index is 12.0. The number of benzene rings is 1. The molecule has 1 fully saturated rings. The van der Waals surface area contributed by atoms with Gasteiger partial charge in [-0.15, -0.1) is 0 Å². The molecule has 4 heteroatoms. The normalized spacial score (nSPS) is 16.1. The number of aryl methyl sites for hydroxylation is 1. The molecule has 1 aliphatic rings. The van der Waals surface area contributed by atoms with Gasteiger partial charge in [0.15, 0.2) is 0 Å². The van der Waals surface area contributed by atoms with E-state index in [4.69, 9.17) is 0 Å². The fraction of sp³-hybridized carbons (Fsp3) is 0.333. The minimum atomic E-state index is -0.172. The third kappa shape index (κ3) is 2.52. The summed E-state index contributed by atoms with van der Waals surface area (Å²) in [5.74, 6) is 1.20. The second-order valence-electron chi connectivity index (χ2n) is 5.02. The molecule has 0 spiro atoms. The Morgan fingerprint density at radius 2 is 2.11 bits per heavy atom. The Hall–Kier alpha value is -2.10. The van der Waals surface area contributed by atoms with Crippen LogP contribution in [0.4, 0.5) is 0 Å². The molecule has 1 saturated carbocycles. The van der Waals surface area contributed by atoms with Crippen LogP contribution >= 0.6 is 0 Å². The lowest BCUT2D eigenvalue weighted by Gasteiger charge is -2.19. The van der Waals surface area contributed by atoms with Gasteiger partial charge in [0.1, 0.15) is 11.9 Å². The second-order valence-corrected chi connectivity index (χ2v) is 5.02. The second kappa shape index (κ2) is 4.88. The first kappa shape index (κ1) is 12.0. The summed E-state index contributed by atoms with van der Waals surface area (Å²) in [5, 5.41) is 3.12. The van der Waals surface area contributed by atoms with Crippen LogP contribution in [0.5, 0.6) is 0 Å². The average molecular weight is 255 g/mol. The minimum absolute atomic E-state index is 0.136. The van der Waals surface area contributed by atoms with Crippen LogP contribution in [0.3, 0.4) is 0 Å². The van der Waals surface area contributed by atoms with Gasteiger partial charge in [-0.1, -0.05) is 30.3 Å². The third-order valence-corrected chi connectivity index (χ3v) is 3.48. The molecule has 4 nitrogen and oxygen atoms in total. The van der Waals surface area contributed by atoms with E-state index in [0.717, 1.165) is 24.2 Å². The van der Waals surface area contributed by atoms with Crippen LogP contribution in [0.25, 0.3) is 0 Å². The molecule has 1 atom stereocenters. The molecule has 0 unspecified atom stereocenters. The zero-order valence-corrected chi connectivity index (χ0v) is 10.9. The number of aromatic nitrogens is 2. The number of carbonyl (C=O) groups excluding carboxylic acids is 1.